The number of sulfone groups is 1. The van der Waals surface area contributed by atoms with Crippen molar-refractivity contribution in [2.75, 3.05) is 37.7 Å². The smallest absolute Gasteiger partial charge is 0.246 e. The number of nitrogens with zero attached hydrogens (tertiary/aromatic N) is 1. The Hall–Kier alpha value is -1.44. The van der Waals surface area contributed by atoms with Gasteiger partial charge in [-0.15, -0.1) is 0 Å². The molecule has 5 nitrogen and oxygen atoms in total. The quantitative estimate of drug-likeness (QED) is 0.764. The van der Waals surface area contributed by atoms with Crippen molar-refractivity contribution >= 4 is 33.4 Å². The van der Waals surface area contributed by atoms with Gasteiger partial charge in [-0.1, -0.05) is 17.7 Å². The Morgan fingerprint density at radius 1 is 1.32 bits per heavy atom. The van der Waals surface area contributed by atoms with Crippen LogP contribution in [0.1, 0.15) is 12.0 Å². The predicted molar refractivity (Wildman–Crippen MR) is 94.8 cm³/mol. The van der Waals surface area contributed by atoms with Crippen LogP contribution in [0.2, 0.25) is 5.02 Å². The van der Waals surface area contributed by atoms with Gasteiger partial charge in [-0.3, -0.25) is 4.79 Å². The molecule has 0 unspecified atom stereocenters. The Balaban J connectivity index is 1.56. The molecule has 136 valence electrons. The van der Waals surface area contributed by atoms with Crippen molar-refractivity contribution in [2.45, 2.75) is 12.5 Å². The van der Waals surface area contributed by atoms with E-state index < -0.39 is 15.7 Å². The number of piperazine rings is 1. The van der Waals surface area contributed by atoms with Gasteiger partial charge in [-0.2, -0.15) is 0 Å². The molecule has 1 amide bonds. The van der Waals surface area contributed by atoms with Gasteiger partial charge in [0.1, 0.15) is 17.6 Å². The van der Waals surface area contributed by atoms with Crippen molar-refractivity contribution in [1.82, 2.24) is 4.90 Å². The summed E-state index contributed by atoms with van der Waals surface area (Å²) in [4.78, 5) is 15.3. The molecule has 1 aromatic rings. The molecular weight excluding hydrogens is 367 g/mol. The molecule has 0 saturated carbocycles. The highest BCUT2D eigenvalue weighted by Crippen LogP contribution is 2.20. The Bertz CT molecular complexity index is 769. The molecule has 0 aliphatic carbocycles. The summed E-state index contributed by atoms with van der Waals surface area (Å²) in [6.07, 6.45) is 3.45. The minimum atomic E-state index is -2.88. The number of hydrogen-bond acceptors (Lipinski definition) is 3. The summed E-state index contributed by atoms with van der Waals surface area (Å²) >= 11 is 5.95. The molecule has 3 rings (SSSR count). The van der Waals surface area contributed by atoms with Gasteiger partial charge in [0.2, 0.25) is 5.91 Å². The van der Waals surface area contributed by atoms with Crippen LogP contribution >= 0.6 is 11.6 Å². The highest BCUT2D eigenvalue weighted by molar-refractivity contribution is 7.91. The highest BCUT2D eigenvalue weighted by atomic mass is 35.5. The van der Waals surface area contributed by atoms with Gasteiger partial charge >= 0.3 is 0 Å². The zero-order chi connectivity index (χ0) is 18.0. The first kappa shape index (κ1) is 18.4. The third-order valence-corrected chi connectivity index (χ3v) is 7.02. The Morgan fingerprint density at radius 2 is 2.04 bits per heavy atom. The topological polar surface area (TPSA) is 58.9 Å². The van der Waals surface area contributed by atoms with Gasteiger partial charge in [0.25, 0.3) is 0 Å². The fraction of sp³-hybridized carbons (Fsp3) is 0.471. The molecule has 0 aromatic heterocycles. The normalized spacial score (nSPS) is 24.1. The first-order chi connectivity index (χ1) is 11.9. The first-order valence-electron chi connectivity index (χ1n) is 8.32. The van der Waals surface area contributed by atoms with E-state index in [-0.39, 0.29) is 34.0 Å². The maximum Gasteiger partial charge on any atom is 0.246 e. The monoisotopic (exact) mass is 387 g/mol. The van der Waals surface area contributed by atoms with Gasteiger partial charge < -0.3 is 9.80 Å². The van der Waals surface area contributed by atoms with Gasteiger partial charge in [0, 0.05) is 18.1 Å². The molecule has 8 heteroatoms. The summed E-state index contributed by atoms with van der Waals surface area (Å²) in [5.74, 6) is -0.122. The van der Waals surface area contributed by atoms with Crippen LogP contribution in [0.15, 0.2) is 24.3 Å². The number of benzene rings is 1. The molecule has 0 bridgehead atoms. The highest BCUT2D eigenvalue weighted by Gasteiger charge is 2.37. The molecule has 2 heterocycles. The van der Waals surface area contributed by atoms with Crippen molar-refractivity contribution in [3.05, 3.63) is 40.7 Å². The van der Waals surface area contributed by atoms with Crippen molar-refractivity contribution in [1.29, 1.82) is 0 Å². The number of halogens is 2. The number of amides is 1. The lowest BCUT2D eigenvalue weighted by Crippen LogP contribution is -3.18. The summed E-state index contributed by atoms with van der Waals surface area (Å²) < 4.78 is 36.9. The van der Waals surface area contributed by atoms with Crippen LogP contribution in [0, 0.1) is 5.82 Å². The average Bonchev–Trinajstić information content (AvgIpc) is 2.94. The molecule has 1 aromatic carbocycles. The third kappa shape index (κ3) is 4.40. The average molecular weight is 388 g/mol. The zero-order valence-electron chi connectivity index (χ0n) is 13.7. The lowest BCUT2D eigenvalue weighted by Gasteiger charge is -2.34. The Morgan fingerprint density at radius 3 is 2.64 bits per heavy atom. The van der Waals surface area contributed by atoms with E-state index in [0.29, 0.717) is 19.5 Å². The van der Waals surface area contributed by atoms with E-state index in [9.17, 15) is 17.6 Å². The largest absolute Gasteiger partial charge is 0.329 e. The van der Waals surface area contributed by atoms with E-state index in [4.69, 9.17) is 11.6 Å². The van der Waals surface area contributed by atoms with Gasteiger partial charge in [0.15, 0.2) is 9.84 Å². The fourth-order valence-electron chi connectivity index (χ4n) is 3.47. The van der Waals surface area contributed by atoms with E-state index in [0.717, 1.165) is 13.1 Å². The van der Waals surface area contributed by atoms with Crippen molar-refractivity contribution in [3.8, 4) is 0 Å². The lowest BCUT2D eigenvalue weighted by molar-refractivity contribution is -0.925. The second kappa shape index (κ2) is 7.43. The van der Waals surface area contributed by atoms with Gasteiger partial charge in [-0.25, -0.2) is 12.8 Å². The summed E-state index contributed by atoms with van der Waals surface area (Å²) in [7, 11) is -2.88. The fourth-order valence-corrected chi connectivity index (χ4v) is 5.52. The second-order valence-electron chi connectivity index (χ2n) is 6.55. The SMILES string of the molecule is O=C(/C=C/c1c(F)cccc1Cl)N1CC[NH+]([C@@H]2CCS(=O)(=O)C2)CC1. The molecule has 2 saturated heterocycles. The van der Waals surface area contributed by atoms with Crippen LogP contribution in [-0.2, 0) is 14.6 Å². The number of rotatable bonds is 3. The van der Waals surface area contributed by atoms with Gasteiger partial charge in [0.05, 0.1) is 37.0 Å². The molecule has 0 spiro atoms. The number of quaternary nitrogens is 1. The molecule has 0 radical (unpaired) electrons. The summed E-state index contributed by atoms with van der Waals surface area (Å²) in [6.45, 7) is 2.61. The molecule has 25 heavy (non-hydrogen) atoms. The van der Waals surface area contributed by atoms with Crippen LogP contribution in [-0.4, -0.2) is 63.0 Å². The van der Waals surface area contributed by atoms with E-state index in [2.05, 4.69) is 0 Å². The van der Waals surface area contributed by atoms with Crippen molar-refractivity contribution in [3.63, 3.8) is 0 Å². The summed E-state index contributed by atoms with van der Waals surface area (Å²) in [6, 6.07) is 4.54. The Kier molecular flexibility index (Phi) is 5.46. The molecule has 2 fully saturated rings. The molecule has 1 atom stereocenters. The first-order valence-corrected chi connectivity index (χ1v) is 10.5. The van der Waals surface area contributed by atoms with E-state index in [1.165, 1.54) is 29.2 Å². The van der Waals surface area contributed by atoms with E-state index >= 15 is 0 Å². The molecule has 2 aliphatic rings. The maximum atomic E-state index is 13.7. The number of carbonyl (C=O) groups excluding carboxylic acids is 1. The van der Waals surface area contributed by atoms with Crippen LogP contribution in [0.25, 0.3) is 6.08 Å². The molecule has 1 N–H and O–H groups in total. The number of hydrogen-bond donors (Lipinski definition) is 1. The zero-order valence-corrected chi connectivity index (χ0v) is 15.3. The summed E-state index contributed by atoms with van der Waals surface area (Å²) in [5, 5.41) is 0.265. The maximum absolute atomic E-state index is 13.7. The molecular formula is C17H21ClFN2O3S+. The number of carbonyl (C=O) groups is 1. The van der Waals surface area contributed by atoms with Crippen LogP contribution in [0.3, 0.4) is 0 Å². The van der Waals surface area contributed by atoms with Crippen LogP contribution in [0.5, 0.6) is 0 Å². The van der Waals surface area contributed by atoms with Crippen LogP contribution in [0.4, 0.5) is 4.39 Å². The standard InChI is InChI=1S/C17H20ClFN2O3S/c18-15-2-1-3-16(19)14(15)4-5-17(22)21-9-7-20(8-10-21)13-6-11-25(23,24)12-13/h1-5,13H,6-12H2/p+1/b5-4+/t13-/m1/s1. The second-order valence-corrected chi connectivity index (χ2v) is 9.19. The van der Waals surface area contributed by atoms with Crippen LogP contribution < -0.4 is 4.90 Å². The van der Waals surface area contributed by atoms with E-state index in [1.54, 1.807) is 11.0 Å². The number of nitrogens with one attached hydrogen (secondary N) is 1. The Labute approximate surface area is 152 Å². The van der Waals surface area contributed by atoms with E-state index in [1.807, 2.05) is 0 Å². The van der Waals surface area contributed by atoms with Crippen molar-refractivity contribution in [2.24, 2.45) is 0 Å². The minimum Gasteiger partial charge on any atom is -0.329 e. The van der Waals surface area contributed by atoms with Gasteiger partial charge in [-0.05, 0) is 18.2 Å². The third-order valence-electron chi connectivity index (χ3n) is 4.92. The molecule has 2 aliphatic heterocycles. The lowest BCUT2D eigenvalue weighted by atomic mass is 10.1. The minimum absolute atomic E-state index is 0.148. The van der Waals surface area contributed by atoms with Crippen molar-refractivity contribution < 1.29 is 22.5 Å². The predicted octanol–water partition coefficient (Wildman–Crippen LogP) is 0.406. The summed E-state index contributed by atoms with van der Waals surface area (Å²) in [5.41, 5.74) is 0.206.